The van der Waals surface area contributed by atoms with Crippen molar-refractivity contribution in [1.82, 2.24) is 0 Å². The van der Waals surface area contributed by atoms with Crippen LogP contribution in [-0.4, -0.2) is 17.0 Å². The summed E-state index contributed by atoms with van der Waals surface area (Å²) in [5, 5.41) is 15.4. The van der Waals surface area contributed by atoms with Gasteiger partial charge in [0, 0.05) is 12.1 Å². The quantitative estimate of drug-likeness (QED) is 0.859. The van der Waals surface area contributed by atoms with Gasteiger partial charge in [-0.05, 0) is 46.5 Å². The summed E-state index contributed by atoms with van der Waals surface area (Å²) in [6, 6.07) is 9.21. The predicted octanol–water partition coefficient (Wildman–Crippen LogP) is 2.95. The van der Waals surface area contributed by atoms with Crippen LogP contribution in [0.25, 0.3) is 0 Å². The van der Waals surface area contributed by atoms with Crippen LogP contribution in [-0.2, 0) is 22.4 Å². The molecule has 0 atom stereocenters. The fourth-order valence-electron chi connectivity index (χ4n) is 1.84. The average Bonchev–Trinajstić information content (AvgIpc) is 2.89. The van der Waals surface area contributed by atoms with Crippen molar-refractivity contribution >= 4 is 28.9 Å². The van der Waals surface area contributed by atoms with Crippen LogP contribution in [0, 0.1) is 0 Å². The van der Waals surface area contributed by atoms with Gasteiger partial charge in [-0.15, -0.1) is 0 Å². The van der Waals surface area contributed by atoms with E-state index in [0.717, 1.165) is 11.1 Å². The van der Waals surface area contributed by atoms with Crippen LogP contribution in [0.4, 0.5) is 5.69 Å². The lowest BCUT2D eigenvalue weighted by Crippen LogP contribution is -2.14. The van der Waals surface area contributed by atoms with Gasteiger partial charge in [-0.2, -0.15) is 11.3 Å². The number of rotatable bonds is 6. The molecule has 0 unspecified atom stereocenters. The molecule has 2 N–H and O–H groups in total. The number of carboxylic acid groups (broad SMARTS) is 1. The molecule has 4 nitrogen and oxygen atoms in total. The van der Waals surface area contributed by atoms with Crippen molar-refractivity contribution in [3.05, 3.63) is 52.2 Å². The van der Waals surface area contributed by atoms with Gasteiger partial charge in [-0.3, -0.25) is 9.59 Å². The lowest BCUT2D eigenvalue weighted by atomic mass is 10.1. The summed E-state index contributed by atoms with van der Waals surface area (Å²) >= 11 is 1.56. The molecule has 0 saturated heterocycles. The number of carboxylic acids is 1. The standard InChI is InChI=1S/C15H15NO3S/c17-14(9-12-6-7-20-10-12)16-13-3-1-2-11(8-13)4-5-15(18)19/h1-3,6-8,10H,4-5,9H2,(H,16,17)(H,18,19). The molecular weight excluding hydrogens is 274 g/mol. The number of hydrogen-bond donors (Lipinski definition) is 2. The molecule has 20 heavy (non-hydrogen) atoms. The van der Waals surface area contributed by atoms with Gasteiger partial charge in [0.1, 0.15) is 0 Å². The predicted molar refractivity (Wildman–Crippen MR) is 79.1 cm³/mol. The molecular formula is C15H15NO3S. The zero-order valence-corrected chi connectivity index (χ0v) is 11.7. The monoisotopic (exact) mass is 289 g/mol. The van der Waals surface area contributed by atoms with E-state index in [-0.39, 0.29) is 12.3 Å². The molecule has 1 aromatic heterocycles. The third-order valence-electron chi connectivity index (χ3n) is 2.78. The van der Waals surface area contributed by atoms with Crippen molar-refractivity contribution < 1.29 is 14.7 Å². The number of anilines is 1. The molecule has 0 bridgehead atoms. The minimum absolute atomic E-state index is 0.0706. The molecule has 0 spiro atoms. The molecule has 2 aromatic rings. The first kappa shape index (κ1) is 14.3. The number of thiophene rings is 1. The minimum atomic E-state index is -0.822. The average molecular weight is 289 g/mol. The number of amides is 1. The van der Waals surface area contributed by atoms with Gasteiger partial charge >= 0.3 is 5.97 Å². The molecule has 0 aliphatic carbocycles. The third kappa shape index (κ3) is 4.51. The summed E-state index contributed by atoms with van der Waals surface area (Å²) in [7, 11) is 0. The normalized spacial score (nSPS) is 10.2. The fraction of sp³-hybridized carbons (Fsp3) is 0.200. The molecule has 0 aliphatic heterocycles. The Hall–Kier alpha value is -2.14. The Bertz CT molecular complexity index is 593. The first-order valence-corrected chi connectivity index (χ1v) is 7.19. The Morgan fingerprint density at radius 3 is 2.75 bits per heavy atom. The molecule has 0 saturated carbocycles. The second kappa shape index (κ2) is 6.86. The molecule has 0 fully saturated rings. The van der Waals surface area contributed by atoms with Crippen LogP contribution < -0.4 is 5.32 Å². The van der Waals surface area contributed by atoms with E-state index in [4.69, 9.17) is 5.11 Å². The highest BCUT2D eigenvalue weighted by Gasteiger charge is 2.05. The second-order valence-electron chi connectivity index (χ2n) is 4.45. The summed E-state index contributed by atoms with van der Waals surface area (Å²) in [6.07, 6.45) is 0.902. The van der Waals surface area contributed by atoms with Crippen LogP contribution in [0.1, 0.15) is 17.5 Å². The minimum Gasteiger partial charge on any atom is -0.481 e. The van der Waals surface area contributed by atoms with Crippen molar-refractivity contribution in [1.29, 1.82) is 0 Å². The van der Waals surface area contributed by atoms with Crippen LogP contribution in [0.2, 0.25) is 0 Å². The summed E-state index contributed by atoms with van der Waals surface area (Å²) in [5.74, 6) is -0.893. The van der Waals surface area contributed by atoms with Gasteiger partial charge in [-0.25, -0.2) is 0 Å². The first-order chi connectivity index (χ1) is 9.63. The maximum Gasteiger partial charge on any atom is 0.303 e. The highest BCUT2D eigenvalue weighted by molar-refractivity contribution is 7.08. The topological polar surface area (TPSA) is 66.4 Å². The van der Waals surface area contributed by atoms with Crippen molar-refractivity contribution in [2.75, 3.05) is 5.32 Å². The molecule has 0 aliphatic rings. The van der Waals surface area contributed by atoms with E-state index in [0.29, 0.717) is 18.5 Å². The van der Waals surface area contributed by atoms with Crippen molar-refractivity contribution in [3.63, 3.8) is 0 Å². The number of carbonyl (C=O) groups is 2. The fourth-order valence-corrected chi connectivity index (χ4v) is 2.51. The number of aliphatic carboxylic acids is 1. The van der Waals surface area contributed by atoms with Crippen molar-refractivity contribution in [2.24, 2.45) is 0 Å². The molecule has 1 amide bonds. The van der Waals surface area contributed by atoms with Gasteiger partial charge in [0.25, 0.3) is 0 Å². The number of hydrogen-bond acceptors (Lipinski definition) is 3. The van der Waals surface area contributed by atoms with Gasteiger partial charge in [0.05, 0.1) is 6.42 Å². The lowest BCUT2D eigenvalue weighted by molar-refractivity contribution is -0.137. The zero-order valence-electron chi connectivity index (χ0n) is 10.8. The number of nitrogens with one attached hydrogen (secondary N) is 1. The van der Waals surface area contributed by atoms with E-state index in [9.17, 15) is 9.59 Å². The molecule has 1 heterocycles. The Labute approximate surface area is 121 Å². The zero-order chi connectivity index (χ0) is 14.4. The molecule has 2 rings (SSSR count). The van der Waals surface area contributed by atoms with Crippen LogP contribution >= 0.6 is 11.3 Å². The van der Waals surface area contributed by atoms with E-state index in [1.807, 2.05) is 35.0 Å². The van der Waals surface area contributed by atoms with Gasteiger partial charge < -0.3 is 10.4 Å². The second-order valence-corrected chi connectivity index (χ2v) is 5.23. The SMILES string of the molecule is O=C(O)CCc1cccc(NC(=O)Cc2ccsc2)c1. The lowest BCUT2D eigenvalue weighted by Gasteiger charge is -2.06. The Morgan fingerprint density at radius 2 is 2.05 bits per heavy atom. The maximum atomic E-state index is 11.9. The number of benzene rings is 1. The van der Waals surface area contributed by atoms with E-state index in [1.165, 1.54) is 0 Å². The Balaban J connectivity index is 1.93. The third-order valence-corrected chi connectivity index (χ3v) is 3.52. The van der Waals surface area contributed by atoms with Gasteiger partial charge in [0.15, 0.2) is 0 Å². The van der Waals surface area contributed by atoms with E-state index < -0.39 is 5.97 Å². The summed E-state index contributed by atoms with van der Waals surface area (Å²) < 4.78 is 0. The van der Waals surface area contributed by atoms with E-state index >= 15 is 0 Å². The molecule has 5 heteroatoms. The molecule has 104 valence electrons. The largest absolute Gasteiger partial charge is 0.481 e. The Kier molecular flexibility index (Phi) is 4.90. The van der Waals surface area contributed by atoms with Crippen LogP contribution in [0.3, 0.4) is 0 Å². The van der Waals surface area contributed by atoms with Gasteiger partial charge in [-0.1, -0.05) is 12.1 Å². The van der Waals surface area contributed by atoms with E-state index in [1.54, 1.807) is 17.4 Å². The first-order valence-electron chi connectivity index (χ1n) is 6.25. The summed E-state index contributed by atoms with van der Waals surface area (Å²) in [5.41, 5.74) is 2.60. The summed E-state index contributed by atoms with van der Waals surface area (Å²) in [4.78, 5) is 22.4. The number of carbonyl (C=O) groups excluding carboxylic acids is 1. The van der Waals surface area contributed by atoms with Crippen molar-refractivity contribution in [2.45, 2.75) is 19.3 Å². The molecule has 0 radical (unpaired) electrons. The highest BCUT2D eigenvalue weighted by atomic mass is 32.1. The highest BCUT2D eigenvalue weighted by Crippen LogP contribution is 2.13. The molecule has 1 aromatic carbocycles. The van der Waals surface area contributed by atoms with Crippen LogP contribution in [0.15, 0.2) is 41.1 Å². The maximum absolute atomic E-state index is 11.9. The van der Waals surface area contributed by atoms with Crippen LogP contribution in [0.5, 0.6) is 0 Å². The Morgan fingerprint density at radius 1 is 1.20 bits per heavy atom. The smallest absolute Gasteiger partial charge is 0.303 e. The van der Waals surface area contributed by atoms with Crippen molar-refractivity contribution in [3.8, 4) is 0 Å². The van der Waals surface area contributed by atoms with Gasteiger partial charge in [0.2, 0.25) is 5.91 Å². The summed E-state index contributed by atoms with van der Waals surface area (Å²) in [6.45, 7) is 0. The number of aryl methyl sites for hydroxylation is 1. The van der Waals surface area contributed by atoms with E-state index in [2.05, 4.69) is 5.32 Å².